The van der Waals surface area contributed by atoms with Gasteiger partial charge in [-0.15, -0.1) is 45.3 Å². The van der Waals surface area contributed by atoms with Crippen LogP contribution >= 0.6 is 57.1 Å². The van der Waals surface area contributed by atoms with E-state index in [9.17, 15) is 0 Å². The number of carbonyl (C=O) groups excluding carboxylic acids is 2. The van der Waals surface area contributed by atoms with Crippen LogP contribution in [0, 0.1) is 0 Å². The normalized spacial score (nSPS) is 11.6. The molecular weight excluding hydrogens is 1220 g/mol. The number of esters is 2. The average Bonchev–Trinajstić information content (AvgIpc) is 1.62. The van der Waals surface area contributed by atoms with Gasteiger partial charge in [0, 0.05) is 40.0 Å². The number of nitrogens with zero attached hydrogens (tertiary/aromatic N) is 2. The minimum absolute atomic E-state index is 0.344. The molecule has 0 unspecified atom stereocenters. The summed E-state index contributed by atoms with van der Waals surface area (Å²) in [5.74, 6) is 0.734. The number of hydrogen-bond donors (Lipinski definition) is 0. The third-order valence-electron chi connectivity index (χ3n) is 17.5. The second-order valence-corrected chi connectivity index (χ2v) is 29.6. The van der Waals surface area contributed by atoms with Crippen LogP contribution in [0.5, 0.6) is 11.5 Å². The molecule has 0 spiro atoms. The van der Waals surface area contributed by atoms with Crippen LogP contribution in [0.3, 0.4) is 0 Å². The number of carbonyl (C=O) groups is 2. The summed E-state index contributed by atoms with van der Waals surface area (Å²) in [5.41, 5.74) is 6.64. The summed E-state index contributed by atoms with van der Waals surface area (Å²) in [6.45, 7) is 10.8. The lowest BCUT2D eigenvalue weighted by atomic mass is 10.0. The first-order valence-corrected chi connectivity index (χ1v) is 39.2. The molecule has 0 N–H and O–H groups in total. The molecule has 0 saturated carbocycles. The van der Waals surface area contributed by atoms with E-state index in [1.165, 1.54) is 163 Å². The van der Waals surface area contributed by atoms with Crippen molar-refractivity contribution >= 4 is 100 Å². The Kier molecular flexibility index (Phi) is 29.7. The maximum Gasteiger partial charge on any atom is 0.340 e. The second kappa shape index (κ2) is 38.7. The number of ether oxygens (including phenoxy) is 4. The smallest absolute Gasteiger partial charge is 0.340 e. The van der Waals surface area contributed by atoms with Crippen molar-refractivity contribution in [3.05, 3.63) is 108 Å². The van der Waals surface area contributed by atoms with Crippen LogP contribution < -0.4 is 9.47 Å². The maximum atomic E-state index is 15.0. The molecule has 4 aromatic carbocycles. The van der Waals surface area contributed by atoms with Crippen LogP contribution in [0.15, 0.2) is 97.1 Å². The molecule has 0 saturated heterocycles. The zero-order chi connectivity index (χ0) is 63.2. The first-order valence-electron chi connectivity index (χ1n) is 35.2. The van der Waals surface area contributed by atoms with E-state index >= 15 is 9.59 Å². The Balaban J connectivity index is 1.10. The quantitative estimate of drug-likeness (QED) is 0.0275. The van der Waals surface area contributed by atoms with Gasteiger partial charge in [0.15, 0.2) is 11.5 Å². The van der Waals surface area contributed by atoms with E-state index in [0.717, 1.165) is 142 Å². The lowest BCUT2D eigenvalue weighted by molar-refractivity contribution is 0.0490. The third-order valence-corrected chi connectivity index (χ3v) is 22.8. The summed E-state index contributed by atoms with van der Waals surface area (Å²) in [5, 5.41) is 1.45. The SMILES string of the molecule is CCCCCCCCCCCCOC(=O)c1c2cc(-c3ccc(-c4c(OCCCCCCCC)c(OCCCCCCCC)c(-c5ccc(-c6ccccc6)s5)c5nsnc45)s3)sc2c(C(=O)OCCCCCCCCCCCC)c2cc(-c3ccccc3)sc12. The van der Waals surface area contributed by atoms with Crippen molar-refractivity contribution in [1.82, 2.24) is 8.75 Å². The van der Waals surface area contributed by atoms with Gasteiger partial charge in [0.2, 0.25) is 0 Å². The minimum atomic E-state index is -0.352. The van der Waals surface area contributed by atoms with Gasteiger partial charge in [0.1, 0.15) is 11.0 Å². The number of fused-ring (bicyclic) bond motifs is 3. The standard InChI is InChI=1S/C78H100N2O6S5/c1-5-9-13-17-21-23-25-27-31-41-53-85-77(81)67-59-55-65(58-45-37-34-38-46-58)89-75(59)68(78(82)86-54-42-32-28-26-24-22-18-14-10-6-2)60-56-66(90-76(60)67)62-48-50-64(88-62)70-72-71(79-91-80-72)69(63-49-47-61(87-63)57-43-35-33-36-44-57)73(83-51-39-29-19-15-11-7-3)74(70)84-52-40-30-20-16-12-8-4/h33-38,43-50,55-56H,5-32,39-42,51-54H2,1-4H3. The van der Waals surface area contributed by atoms with E-state index in [1.807, 2.05) is 18.2 Å². The van der Waals surface area contributed by atoms with E-state index in [2.05, 4.69) is 107 Å². The lowest BCUT2D eigenvalue weighted by Gasteiger charge is -2.20. The van der Waals surface area contributed by atoms with Crippen LogP contribution in [0.2, 0.25) is 0 Å². The summed E-state index contributed by atoms with van der Waals surface area (Å²) in [6, 6.07) is 33.8. The van der Waals surface area contributed by atoms with Gasteiger partial charge in [-0.1, -0.05) is 268 Å². The second-order valence-electron chi connectivity index (χ2n) is 24.8. The molecule has 9 rings (SSSR count). The zero-order valence-corrected chi connectivity index (χ0v) is 59.2. The van der Waals surface area contributed by atoms with Gasteiger partial charge in [-0.25, -0.2) is 9.59 Å². The Hall–Kier alpha value is -5.44. The molecule has 0 aliphatic heterocycles. The van der Waals surface area contributed by atoms with Gasteiger partial charge in [-0.3, -0.25) is 0 Å². The molecule has 488 valence electrons. The monoisotopic (exact) mass is 1320 g/mol. The number of unbranched alkanes of at least 4 members (excludes halogenated alkanes) is 28. The van der Waals surface area contributed by atoms with Crippen molar-refractivity contribution in [2.75, 3.05) is 26.4 Å². The molecule has 0 amide bonds. The fourth-order valence-corrected chi connectivity index (χ4v) is 17.5. The average molecular weight is 1320 g/mol. The summed E-state index contributed by atoms with van der Waals surface area (Å²) in [4.78, 5) is 36.2. The summed E-state index contributed by atoms with van der Waals surface area (Å²) in [6.07, 6.45) is 37.7. The van der Waals surface area contributed by atoms with E-state index in [0.29, 0.717) is 43.3 Å². The van der Waals surface area contributed by atoms with Crippen molar-refractivity contribution in [3.63, 3.8) is 0 Å². The number of rotatable bonds is 45. The van der Waals surface area contributed by atoms with Crippen LogP contribution in [0.1, 0.15) is 254 Å². The fraction of sp³-hybridized carbons (Fsp3) is 0.513. The summed E-state index contributed by atoms with van der Waals surface area (Å²) >= 11 is 7.75. The van der Waals surface area contributed by atoms with Gasteiger partial charge in [0.25, 0.3) is 0 Å². The van der Waals surface area contributed by atoms with Crippen LogP contribution in [-0.4, -0.2) is 47.1 Å². The van der Waals surface area contributed by atoms with Crippen LogP contribution in [-0.2, 0) is 9.47 Å². The van der Waals surface area contributed by atoms with Crippen LogP contribution in [0.25, 0.3) is 82.7 Å². The highest BCUT2D eigenvalue weighted by Gasteiger charge is 2.32. The fourth-order valence-electron chi connectivity index (χ4n) is 12.3. The Labute approximate surface area is 564 Å². The van der Waals surface area contributed by atoms with E-state index in [4.69, 9.17) is 27.7 Å². The summed E-state index contributed by atoms with van der Waals surface area (Å²) in [7, 11) is 0. The van der Waals surface area contributed by atoms with Gasteiger partial charge in [-0.05, 0) is 73.2 Å². The van der Waals surface area contributed by atoms with Crippen molar-refractivity contribution < 1.29 is 28.5 Å². The number of aromatic nitrogens is 2. The molecule has 5 heterocycles. The molecule has 5 aromatic heterocycles. The topological polar surface area (TPSA) is 96.8 Å². The molecule has 0 aliphatic carbocycles. The Morgan fingerprint density at radius 2 is 0.670 bits per heavy atom. The maximum absolute atomic E-state index is 15.0. The molecule has 0 atom stereocenters. The predicted octanol–water partition coefficient (Wildman–Crippen LogP) is 26.2. The highest BCUT2D eigenvalue weighted by atomic mass is 32.1. The first-order chi connectivity index (χ1) is 44.9. The van der Waals surface area contributed by atoms with Gasteiger partial charge < -0.3 is 18.9 Å². The van der Waals surface area contributed by atoms with Crippen molar-refractivity contribution in [2.45, 2.75) is 233 Å². The minimum Gasteiger partial charge on any atom is -0.489 e. The van der Waals surface area contributed by atoms with Crippen molar-refractivity contribution in [3.8, 4) is 63.0 Å². The molecule has 13 heteroatoms. The molecule has 0 aliphatic rings. The molecular formula is C78H100N2O6S5. The van der Waals surface area contributed by atoms with Crippen molar-refractivity contribution in [1.29, 1.82) is 0 Å². The lowest BCUT2D eigenvalue weighted by Crippen LogP contribution is -2.11. The molecule has 9 aromatic rings. The molecule has 0 radical (unpaired) electrons. The van der Waals surface area contributed by atoms with Gasteiger partial charge in [-0.2, -0.15) is 8.75 Å². The Bertz CT molecular complexity index is 3500. The zero-order valence-electron chi connectivity index (χ0n) is 55.1. The Morgan fingerprint density at radius 1 is 0.341 bits per heavy atom. The van der Waals surface area contributed by atoms with E-state index < -0.39 is 0 Å². The van der Waals surface area contributed by atoms with Crippen LogP contribution in [0.4, 0.5) is 0 Å². The first kappa shape index (κ1) is 69.9. The van der Waals surface area contributed by atoms with Crippen molar-refractivity contribution in [2.24, 2.45) is 0 Å². The molecule has 0 bridgehead atoms. The summed E-state index contributed by atoms with van der Waals surface area (Å²) < 4.78 is 38.7. The molecule has 91 heavy (non-hydrogen) atoms. The number of benzene rings is 4. The molecule has 0 fully saturated rings. The largest absolute Gasteiger partial charge is 0.489 e. The highest BCUT2D eigenvalue weighted by molar-refractivity contribution is 7.28. The highest BCUT2D eigenvalue weighted by Crippen LogP contribution is 2.55. The Morgan fingerprint density at radius 3 is 1.09 bits per heavy atom. The number of hydrogen-bond acceptors (Lipinski definition) is 13. The third kappa shape index (κ3) is 19.8. The van der Waals surface area contributed by atoms with Gasteiger partial charge in [0.05, 0.1) is 69.8 Å². The van der Waals surface area contributed by atoms with E-state index in [-0.39, 0.29) is 11.9 Å². The number of thiophene rings is 4. The predicted molar refractivity (Wildman–Crippen MR) is 393 cm³/mol. The van der Waals surface area contributed by atoms with E-state index in [1.54, 1.807) is 45.3 Å². The van der Waals surface area contributed by atoms with Gasteiger partial charge >= 0.3 is 11.9 Å². The molecule has 8 nitrogen and oxygen atoms in total.